The van der Waals surface area contributed by atoms with Gasteiger partial charge in [-0.3, -0.25) is 4.79 Å². The Morgan fingerprint density at radius 1 is 1.60 bits per heavy atom. The minimum Gasteiger partial charge on any atom is -0.390 e. The molecule has 1 fully saturated rings. The number of unbranched alkanes of at least 4 members (excludes halogenated alkanes) is 1. The van der Waals surface area contributed by atoms with Gasteiger partial charge in [-0.15, -0.1) is 0 Å². The highest BCUT2D eigenvalue weighted by Gasteiger charge is 2.30. The van der Waals surface area contributed by atoms with Gasteiger partial charge in [0.2, 0.25) is 5.91 Å². The smallest absolute Gasteiger partial charge is 0.222 e. The topological polar surface area (TPSA) is 66.6 Å². The van der Waals surface area contributed by atoms with E-state index in [2.05, 4.69) is 6.08 Å². The zero-order chi connectivity index (χ0) is 11.3. The number of β-amino-alcohol motifs (C(OH)–C–C–N with tert-alkyl or cyclic N) is 1. The summed E-state index contributed by atoms with van der Waals surface area (Å²) in [7, 11) is 0. The molecule has 2 atom stereocenters. The van der Waals surface area contributed by atoms with Crippen molar-refractivity contribution in [3.63, 3.8) is 0 Å². The van der Waals surface area contributed by atoms with Gasteiger partial charge in [0, 0.05) is 25.6 Å². The predicted molar refractivity (Wildman–Crippen MR) is 59.2 cm³/mol. The maximum Gasteiger partial charge on any atom is 0.222 e. The number of likely N-dealkylation sites (tertiary alicyclic amines) is 1. The van der Waals surface area contributed by atoms with Crippen molar-refractivity contribution in [3.05, 3.63) is 12.2 Å². The fourth-order valence-electron chi connectivity index (χ4n) is 1.71. The summed E-state index contributed by atoms with van der Waals surface area (Å²) in [5, 5.41) is 9.40. The summed E-state index contributed by atoms with van der Waals surface area (Å²) >= 11 is 0. The molecule has 1 amide bonds. The van der Waals surface area contributed by atoms with Gasteiger partial charge < -0.3 is 15.7 Å². The van der Waals surface area contributed by atoms with E-state index in [1.807, 2.05) is 13.0 Å². The third-order valence-electron chi connectivity index (χ3n) is 2.68. The van der Waals surface area contributed by atoms with Crippen LogP contribution in [0.15, 0.2) is 12.2 Å². The van der Waals surface area contributed by atoms with E-state index < -0.39 is 6.10 Å². The van der Waals surface area contributed by atoms with Crippen LogP contribution in [0, 0.1) is 0 Å². The zero-order valence-corrected chi connectivity index (χ0v) is 9.22. The Hall–Kier alpha value is -0.870. The van der Waals surface area contributed by atoms with Gasteiger partial charge in [0.25, 0.3) is 0 Å². The van der Waals surface area contributed by atoms with Crippen LogP contribution in [-0.2, 0) is 4.79 Å². The Kier molecular flexibility index (Phi) is 4.78. The maximum absolute atomic E-state index is 11.6. The SMILES string of the molecule is CC=CCCCC(=O)N1C[C@@H](N)[C@H](O)C1. The van der Waals surface area contributed by atoms with Crippen molar-refractivity contribution in [2.24, 2.45) is 5.73 Å². The molecule has 0 spiro atoms. The van der Waals surface area contributed by atoms with E-state index in [9.17, 15) is 9.90 Å². The lowest BCUT2D eigenvalue weighted by atomic mass is 10.2. The number of hydrogen-bond acceptors (Lipinski definition) is 3. The summed E-state index contributed by atoms with van der Waals surface area (Å²) in [6.45, 7) is 2.85. The van der Waals surface area contributed by atoms with Gasteiger partial charge in [0.05, 0.1) is 6.10 Å². The Bertz CT molecular complexity index is 231. The number of aliphatic hydroxyl groups is 1. The number of nitrogens with two attached hydrogens (primary N) is 1. The van der Waals surface area contributed by atoms with Gasteiger partial charge in [-0.2, -0.15) is 0 Å². The van der Waals surface area contributed by atoms with Crippen LogP contribution in [0.25, 0.3) is 0 Å². The number of carbonyl (C=O) groups excluding carboxylic acids is 1. The van der Waals surface area contributed by atoms with Crippen LogP contribution in [0.3, 0.4) is 0 Å². The molecule has 0 aliphatic carbocycles. The molecule has 1 aliphatic heterocycles. The second-order valence-electron chi connectivity index (χ2n) is 3.99. The monoisotopic (exact) mass is 212 g/mol. The first kappa shape index (κ1) is 12.2. The van der Waals surface area contributed by atoms with Crippen LogP contribution in [0.1, 0.15) is 26.2 Å². The fraction of sp³-hybridized carbons (Fsp3) is 0.727. The van der Waals surface area contributed by atoms with Crippen molar-refractivity contribution < 1.29 is 9.90 Å². The van der Waals surface area contributed by atoms with E-state index in [1.165, 1.54) is 0 Å². The number of allylic oxidation sites excluding steroid dienone is 2. The molecule has 15 heavy (non-hydrogen) atoms. The van der Waals surface area contributed by atoms with Crippen molar-refractivity contribution in [1.82, 2.24) is 4.90 Å². The van der Waals surface area contributed by atoms with E-state index in [0.29, 0.717) is 19.5 Å². The third kappa shape index (κ3) is 3.64. The highest BCUT2D eigenvalue weighted by molar-refractivity contribution is 5.76. The van der Waals surface area contributed by atoms with Crippen LogP contribution in [0.2, 0.25) is 0 Å². The molecule has 1 saturated heterocycles. The number of rotatable bonds is 4. The minimum absolute atomic E-state index is 0.103. The fourth-order valence-corrected chi connectivity index (χ4v) is 1.71. The Morgan fingerprint density at radius 2 is 2.33 bits per heavy atom. The number of aliphatic hydroxyl groups excluding tert-OH is 1. The van der Waals surface area contributed by atoms with E-state index in [4.69, 9.17) is 5.73 Å². The number of hydrogen-bond donors (Lipinski definition) is 2. The molecule has 0 radical (unpaired) electrons. The minimum atomic E-state index is -0.551. The normalized spacial score (nSPS) is 26.5. The van der Waals surface area contributed by atoms with Gasteiger partial charge in [0.15, 0.2) is 0 Å². The second kappa shape index (κ2) is 5.88. The molecule has 86 valence electrons. The van der Waals surface area contributed by atoms with Crippen molar-refractivity contribution in [3.8, 4) is 0 Å². The summed E-state index contributed by atoms with van der Waals surface area (Å²) in [5.74, 6) is 0.103. The molecule has 4 heteroatoms. The van der Waals surface area contributed by atoms with Crippen LogP contribution in [-0.4, -0.2) is 41.1 Å². The van der Waals surface area contributed by atoms with Gasteiger partial charge >= 0.3 is 0 Å². The first-order chi connectivity index (χ1) is 7.15. The van der Waals surface area contributed by atoms with Crippen molar-refractivity contribution >= 4 is 5.91 Å². The first-order valence-electron chi connectivity index (χ1n) is 5.47. The van der Waals surface area contributed by atoms with Gasteiger partial charge in [0.1, 0.15) is 0 Å². The van der Waals surface area contributed by atoms with Crippen molar-refractivity contribution in [2.45, 2.75) is 38.3 Å². The molecule has 0 aromatic carbocycles. The lowest BCUT2D eigenvalue weighted by molar-refractivity contribution is -0.130. The molecule has 4 nitrogen and oxygen atoms in total. The quantitative estimate of drug-likeness (QED) is 0.519. The number of carbonyl (C=O) groups is 1. The highest BCUT2D eigenvalue weighted by atomic mass is 16.3. The van der Waals surface area contributed by atoms with E-state index in [1.54, 1.807) is 4.90 Å². The summed E-state index contributed by atoms with van der Waals surface area (Å²) in [5.41, 5.74) is 5.63. The van der Waals surface area contributed by atoms with Crippen LogP contribution in [0.5, 0.6) is 0 Å². The second-order valence-corrected chi connectivity index (χ2v) is 3.99. The molecule has 3 N–H and O–H groups in total. The first-order valence-corrected chi connectivity index (χ1v) is 5.47. The van der Waals surface area contributed by atoms with Crippen LogP contribution in [0.4, 0.5) is 0 Å². The van der Waals surface area contributed by atoms with Crippen LogP contribution < -0.4 is 5.73 Å². The van der Waals surface area contributed by atoms with E-state index in [-0.39, 0.29) is 11.9 Å². The molecular formula is C11H20N2O2. The van der Waals surface area contributed by atoms with E-state index >= 15 is 0 Å². The maximum atomic E-state index is 11.6. The standard InChI is InChI=1S/C11H20N2O2/c1-2-3-4-5-6-11(15)13-7-9(12)10(14)8-13/h2-3,9-10,14H,4-8,12H2,1H3/t9-,10-/m1/s1. The predicted octanol–water partition coefficient (Wildman–Crippen LogP) is 0.263. The van der Waals surface area contributed by atoms with Crippen molar-refractivity contribution in [1.29, 1.82) is 0 Å². The molecule has 0 aromatic rings. The zero-order valence-electron chi connectivity index (χ0n) is 9.22. The largest absolute Gasteiger partial charge is 0.390 e. The summed E-state index contributed by atoms with van der Waals surface area (Å²) in [6, 6.07) is -0.274. The van der Waals surface area contributed by atoms with Crippen molar-refractivity contribution in [2.75, 3.05) is 13.1 Å². The summed E-state index contributed by atoms with van der Waals surface area (Å²) in [6.07, 6.45) is 5.83. The summed E-state index contributed by atoms with van der Waals surface area (Å²) in [4.78, 5) is 13.3. The molecular weight excluding hydrogens is 192 g/mol. The molecule has 0 aromatic heterocycles. The highest BCUT2D eigenvalue weighted by Crippen LogP contribution is 2.11. The van der Waals surface area contributed by atoms with Gasteiger partial charge in [-0.25, -0.2) is 0 Å². The average Bonchev–Trinajstić information content (AvgIpc) is 2.54. The molecule has 1 heterocycles. The molecule has 0 saturated carbocycles. The van der Waals surface area contributed by atoms with E-state index in [0.717, 1.165) is 12.8 Å². The Balaban J connectivity index is 2.23. The molecule has 0 bridgehead atoms. The van der Waals surface area contributed by atoms with Gasteiger partial charge in [-0.1, -0.05) is 12.2 Å². The average molecular weight is 212 g/mol. The number of amides is 1. The Morgan fingerprint density at radius 3 is 2.87 bits per heavy atom. The third-order valence-corrected chi connectivity index (χ3v) is 2.68. The molecule has 1 rings (SSSR count). The van der Waals surface area contributed by atoms with Gasteiger partial charge in [-0.05, 0) is 19.8 Å². The molecule has 0 unspecified atom stereocenters. The lowest BCUT2D eigenvalue weighted by Crippen LogP contribution is -2.33. The lowest BCUT2D eigenvalue weighted by Gasteiger charge is -2.14. The van der Waals surface area contributed by atoms with Crippen LogP contribution >= 0.6 is 0 Å². The Labute approximate surface area is 90.7 Å². The molecule has 1 aliphatic rings. The summed E-state index contributed by atoms with van der Waals surface area (Å²) < 4.78 is 0. The number of nitrogens with zero attached hydrogens (tertiary/aromatic N) is 1.